The fraction of sp³-hybridized carbons (Fsp3) is 0.774. The Labute approximate surface area is 613 Å². The maximum Gasteiger partial charge on any atom is 0.306 e. The summed E-state index contributed by atoms with van der Waals surface area (Å²) in [4.78, 5) is 72.3. The van der Waals surface area contributed by atoms with Gasteiger partial charge < -0.3 is 57.9 Å². The van der Waals surface area contributed by atoms with E-state index in [4.69, 9.17) is 37.9 Å². The van der Waals surface area contributed by atoms with E-state index in [1.807, 2.05) is 48.5 Å². The van der Waals surface area contributed by atoms with E-state index in [2.05, 4.69) is 68.7 Å². The van der Waals surface area contributed by atoms with Crippen LogP contribution in [0.25, 0.3) is 0 Å². The molecule has 0 atom stereocenters. The maximum atomic E-state index is 14.2. The smallest absolute Gasteiger partial charge is 0.306 e. The molecule has 3 amide bonds. The van der Waals surface area contributed by atoms with Crippen LogP contribution in [0.4, 0.5) is 5.69 Å². The van der Waals surface area contributed by atoms with Crippen molar-refractivity contribution in [3.8, 4) is 11.8 Å². The van der Waals surface area contributed by atoms with E-state index in [1.165, 1.54) is 77.0 Å². The van der Waals surface area contributed by atoms with E-state index in [-0.39, 0.29) is 60.8 Å². The molecular formula is C84H142N4O13. The van der Waals surface area contributed by atoms with Crippen LogP contribution in [0.1, 0.15) is 301 Å². The van der Waals surface area contributed by atoms with E-state index in [0.717, 1.165) is 183 Å². The number of esters is 2. The fourth-order valence-electron chi connectivity index (χ4n) is 12.9. The molecule has 0 spiro atoms. The lowest BCUT2D eigenvalue weighted by Crippen LogP contribution is -2.42. The number of benzene rings is 2. The number of amides is 3. The van der Waals surface area contributed by atoms with Crippen molar-refractivity contribution >= 4 is 35.3 Å². The zero-order valence-electron chi connectivity index (χ0n) is 64.6. The predicted octanol–water partition coefficient (Wildman–Crippen LogP) is 17.4. The second kappa shape index (κ2) is 63.5. The molecule has 1 aliphatic rings. The van der Waals surface area contributed by atoms with Gasteiger partial charge in [-0.1, -0.05) is 211 Å². The summed E-state index contributed by atoms with van der Waals surface area (Å²) < 4.78 is 46.5. The van der Waals surface area contributed by atoms with Crippen molar-refractivity contribution in [2.75, 3.05) is 118 Å². The third kappa shape index (κ3) is 47.9. The fourth-order valence-corrected chi connectivity index (χ4v) is 12.9. The number of ether oxygens (including phenoxy) is 8. The number of anilines is 1. The SMILES string of the molecule is CCCCCCC(CCCCCC)OC(=O)CCCCCCCCC(CCCCCCCCC(=O)OC(CCCCCC)CCCCCC)N(CCCN(C)C)C(=O)CCOCCOCCOCCOCCOCCOCCNC(=O)CCC(=O)N1Cc2ccccc2C#Cc2ccccc21. The lowest BCUT2D eigenvalue weighted by molar-refractivity contribution is -0.151. The summed E-state index contributed by atoms with van der Waals surface area (Å²) in [7, 11) is 4.18. The van der Waals surface area contributed by atoms with Gasteiger partial charge in [0, 0.05) is 55.9 Å². The van der Waals surface area contributed by atoms with Crippen molar-refractivity contribution in [2.24, 2.45) is 0 Å². The largest absolute Gasteiger partial charge is 0.462 e. The molecule has 17 nitrogen and oxygen atoms in total. The van der Waals surface area contributed by atoms with Crippen molar-refractivity contribution in [1.29, 1.82) is 0 Å². The Kier molecular flexibility index (Phi) is 56.8. The highest BCUT2D eigenvalue weighted by Crippen LogP contribution is 2.28. The van der Waals surface area contributed by atoms with Gasteiger partial charge in [0.25, 0.3) is 0 Å². The second-order valence-corrected chi connectivity index (χ2v) is 28.0. The Bertz CT molecular complexity index is 2370. The van der Waals surface area contributed by atoms with Gasteiger partial charge in [-0.15, -0.1) is 0 Å². The van der Waals surface area contributed by atoms with Crippen LogP contribution in [-0.2, 0) is 68.4 Å². The number of nitrogens with zero attached hydrogens (tertiary/aromatic N) is 3. The number of fused-ring (bicyclic) bond motifs is 2. The molecule has 1 N–H and O–H groups in total. The molecular weight excluding hydrogens is 1270 g/mol. The quantitative estimate of drug-likeness (QED) is 0.0375. The number of rotatable bonds is 69. The zero-order valence-corrected chi connectivity index (χ0v) is 64.6. The van der Waals surface area contributed by atoms with Gasteiger partial charge in [0.1, 0.15) is 12.2 Å². The lowest BCUT2D eigenvalue weighted by atomic mass is 9.98. The van der Waals surface area contributed by atoms with Gasteiger partial charge in [0.2, 0.25) is 17.7 Å². The Balaban J connectivity index is 1.32. The third-order valence-electron chi connectivity index (χ3n) is 18.8. The number of unbranched alkanes of at least 4 members (excludes halogenated alkanes) is 22. The molecule has 2 aromatic carbocycles. The van der Waals surface area contributed by atoms with Gasteiger partial charge in [-0.3, -0.25) is 24.0 Å². The molecule has 0 bridgehead atoms. The van der Waals surface area contributed by atoms with Crippen molar-refractivity contribution in [2.45, 2.75) is 309 Å². The highest BCUT2D eigenvalue weighted by Gasteiger charge is 2.25. The summed E-state index contributed by atoms with van der Waals surface area (Å²) >= 11 is 0. The number of carbonyl (C=O) groups is 5. The molecule has 0 saturated heterocycles. The zero-order chi connectivity index (χ0) is 72.7. The lowest BCUT2D eigenvalue weighted by Gasteiger charge is -2.33. The van der Waals surface area contributed by atoms with Crippen LogP contribution in [0, 0.1) is 11.8 Å². The molecule has 1 aliphatic heterocycles. The van der Waals surface area contributed by atoms with Gasteiger partial charge >= 0.3 is 11.9 Å². The van der Waals surface area contributed by atoms with E-state index >= 15 is 0 Å². The van der Waals surface area contributed by atoms with Crippen molar-refractivity contribution in [3.63, 3.8) is 0 Å². The van der Waals surface area contributed by atoms with Gasteiger partial charge in [-0.05, 0) is 128 Å². The summed E-state index contributed by atoms with van der Waals surface area (Å²) in [5.41, 5.74) is 3.39. The number of carbonyl (C=O) groups excluding carboxylic acids is 5. The molecule has 2 aromatic rings. The number of hydrogen-bond acceptors (Lipinski definition) is 14. The van der Waals surface area contributed by atoms with Crippen molar-refractivity contribution in [3.05, 3.63) is 65.2 Å². The Morgan fingerprint density at radius 3 is 1.29 bits per heavy atom. The first-order valence-electron chi connectivity index (χ1n) is 40.5. The molecule has 1 heterocycles. The predicted molar refractivity (Wildman–Crippen MR) is 409 cm³/mol. The molecule has 0 aliphatic carbocycles. The summed E-state index contributed by atoms with van der Waals surface area (Å²) in [6.45, 7) is 16.1. The Hall–Kier alpha value is -4.93. The third-order valence-corrected chi connectivity index (χ3v) is 18.8. The highest BCUT2D eigenvalue weighted by atomic mass is 16.6. The first-order valence-corrected chi connectivity index (χ1v) is 40.5. The topological polar surface area (TPSA) is 181 Å². The minimum absolute atomic E-state index is 0.0222. The average Bonchev–Trinajstić information content (AvgIpc) is 0.808. The van der Waals surface area contributed by atoms with Crippen LogP contribution in [0.2, 0.25) is 0 Å². The second-order valence-electron chi connectivity index (χ2n) is 28.0. The summed E-state index contributed by atoms with van der Waals surface area (Å²) in [6.07, 6.45) is 40.3. The average molecular weight is 1420 g/mol. The molecule has 17 heteroatoms. The van der Waals surface area contributed by atoms with Gasteiger partial charge in [0.15, 0.2) is 0 Å². The van der Waals surface area contributed by atoms with E-state index in [9.17, 15) is 24.0 Å². The van der Waals surface area contributed by atoms with Crippen LogP contribution >= 0.6 is 0 Å². The first-order chi connectivity index (χ1) is 49.5. The Morgan fingerprint density at radius 1 is 0.416 bits per heavy atom. The van der Waals surface area contributed by atoms with E-state index in [1.54, 1.807) is 4.90 Å². The number of para-hydroxylation sites is 1. The summed E-state index contributed by atoms with van der Waals surface area (Å²) in [5.74, 6) is 6.21. The van der Waals surface area contributed by atoms with Gasteiger partial charge in [0.05, 0.1) is 97.9 Å². The molecule has 101 heavy (non-hydrogen) atoms. The highest BCUT2D eigenvalue weighted by molar-refractivity contribution is 5.97. The molecule has 0 aromatic heterocycles. The van der Waals surface area contributed by atoms with Crippen LogP contribution in [-0.4, -0.2) is 171 Å². The number of hydrogen-bond donors (Lipinski definition) is 1. The monoisotopic (exact) mass is 1420 g/mol. The van der Waals surface area contributed by atoms with Gasteiger partial charge in [-0.25, -0.2) is 0 Å². The molecule has 0 radical (unpaired) electrons. The minimum Gasteiger partial charge on any atom is -0.462 e. The van der Waals surface area contributed by atoms with Crippen LogP contribution in [0.5, 0.6) is 0 Å². The van der Waals surface area contributed by atoms with E-state index in [0.29, 0.717) is 112 Å². The van der Waals surface area contributed by atoms with Crippen LogP contribution in [0.3, 0.4) is 0 Å². The molecule has 0 saturated carbocycles. The van der Waals surface area contributed by atoms with E-state index < -0.39 is 0 Å². The minimum atomic E-state index is -0.206. The summed E-state index contributed by atoms with van der Waals surface area (Å²) in [6, 6.07) is 15.6. The molecule has 3 rings (SSSR count). The maximum absolute atomic E-state index is 14.2. The standard InChI is InChI=1S/C84H142N4O13/c1-7-11-15-29-45-77(46-30-16-12-8-2)100-83(92)50-33-25-21-19-23-27-43-76(44-28-24-20-22-26-34-51-84(93)101-78(47-31-17-13-9-3)48-32-18-14-10-4)87(59-39-58-86(5)6)82(91)56-60-94-62-64-96-66-68-98-70-71-99-69-67-97-65-63-95-61-57-85-80(89)54-55-81(90)88-72-75-42-36-35-40-73(75)52-53-74-41-37-38-49-79(74)88/h35-38,40-42,49,76-78H,7-34,39,43-48,50-51,54-72H2,1-6H3,(H,85,89). The normalized spacial score (nSPS) is 12.0. The molecule has 0 fully saturated rings. The van der Waals surface area contributed by atoms with Crippen molar-refractivity contribution < 1.29 is 61.9 Å². The van der Waals surface area contributed by atoms with Gasteiger partial charge in [-0.2, -0.15) is 0 Å². The Morgan fingerprint density at radius 2 is 0.812 bits per heavy atom. The van der Waals surface area contributed by atoms with Crippen LogP contribution < -0.4 is 10.2 Å². The molecule has 576 valence electrons. The number of nitrogens with one attached hydrogen (secondary N) is 1. The molecule has 0 unspecified atom stereocenters. The van der Waals surface area contributed by atoms with Crippen LogP contribution in [0.15, 0.2) is 48.5 Å². The first kappa shape index (κ1) is 90.3. The summed E-state index contributed by atoms with van der Waals surface area (Å²) in [5, 5.41) is 2.84. The van der Waals surface area contributed by atoms with Crippen molar-refractivity contribution in [1.82, 2.24) is 15.1 Å².